The normalized spacial score (nSPS) is 21.1. The first-order valence-electron chi connectivity index (χ1n) is 9.32. The maximum absolute atomic E-state index is 12.7. The topological polar surface area (TPSA) is 66.2 Å². The zero-order valence-corrected chi connectivity index (χ0v) is 15.0. The van der Waals surface area contributed by atoms with Crippen molar-refractivity contribution in [2.75, 3.05) is 0 Å². The Bertz CT molecular complexity index is 901. The van der Waals surface area contributed by atoms with Gasteiger partial charge in [-0.15, -0.1) is 0 Å². The fraction of sp³-hybridized carbons (Fsp3) is 0.318. The predicted molar refractivity (Wildman–Crippen MR) is 101 cm³/mol. The van der Waals surface area contributed by atoms with Crippen molar-refractivity contribution in [2.24, 2.45) is 0 Å². The summed E-state index contributed by atoms with van der Waals surface area (Å²) in [5, 5.41) is 9.09. The Kier molecular flexibility index (Phi) is 4.88. The molecule has 2 unspecified atom stereocenters. The summed E-state index contributed by atoms with van der Waals surface area (Å²) in [6.07, 6.45) is 5.63. The molecule has 2 aliphatic heterocycles. The molecule has 4 rings (SSSR count). The Morgan fingerprint density at radius 2 is 2.04 bits per heavy atom. The third-order valence-corrected chi connectivity index (χ3v) is 5.25. The van der Waals surface area contributed by atoms with Crippen LogP contribution in [0.15, 0.2) is 54.6 Å². The summed E-state index contributed by atoms with van der Waals surface area (Å²) in [5.74, 6) is 0. The smallest absolute Gasteiger partial charge is 0.410 e. The molecule has 3 heterocycles. The summed E-state index contributed by atoms with van der Waals surface area (Å²) in [4.78, 5) is 19.1. The minimum absolute atomic E-state index is 0.0308. The first-order valence-corrected chi connectivity index (χ1v) is 9.32. The molecule has 27 heavy (non-hydrogen) atoms. The van der Waals surface area contributed by atoms with Crippen LogP contribution >= 0.6 is 0 Å². The number of carbonyl (C=O) groups excluding carboxylic acids is 1. The Hall–Kier alpha value is -3.13. The predicted octanol–water partition coefficient (Wildman–Crippen LogP) is 4.30. The van der Waals surface area contributed by atoms with Crippen LogP contribution in [0, 0.1) is 11.3 Å². The molecule has 2 aromatic rings. The fourth-order valence-corrected chi connectivity index (χ4v) is 3.97. The van der Waals surface area contributed by atoms with E-state index in [-0.39, 0.29) is 24.8 Å². The Morgan fingerprint density at radius 1 is 1.19 bits per heavy atom. The van der Waals surface area contributed by atoms with Gasteiger partial charge in [0.2, 0.25) is 0 Å². The maximum Gasteiger partial charge on any atom is 0.410 e. The Labute approximate surface area is 158 Å². The van der Waals surface area contributed by atoms with Gasteiger partial charge in [-0.05, 0) is 49.0 Å². The minimum Gasteiger partial charge on any atom is -0.445 e. The molecule has 136 valence electrons. The third kappa shape index (κ3) is 3.70. The van der Waals surface area contributed by atoms with Gasteiger partial charge in [0.15, 0.2) is 0 Å². The second-order valence-electron chi connectivity index (χ2n) is 7.02. The van der Waals surface area contributed by atoms with E-state index in [1.54, 1.807) is 6.07 Å². The van der Waals surface area contributed by atoms with Crippen LogP contribution < -0.4 is 0 Å². The SMILES string of the molecule is N#Cc1cccc(C2=CC3CCCC(C2)N3C(=O)OCc2ccccc2)n1. The molecule has 5 nitrogen and oxygen atoms in total. The van der Waals surface area contributed by atoms with Crippen molar-refractivity contribution in [2.45, 2.75) is 44.4 Å². The van der Waals surface area contributed by atoms with Crippen molar-refractivity contribution in [1.29, 1.82) is 5.26 Å². The molecule has 2 atom stereocenters. The number of nitriles is 1. The highest BCUT2D eigenvalue weighted by molar-refractivity contribution is 5.73. The monoisotopic (exact) mass is 359 g/mol. The highest BCUT2D eigenvalue weighted by Gasteiger charge is 2.38. The van der Waals surface area contributed by atoms with Gasteiger partial charge in [0, 0.05) is 6.04 Å². The zero-order valence-electron chi connectivity index (χ0n) is 15.0. The van der Waals surface area contributed by atoms with Crippen molar-refractivity contribution in [1.82, 2.24) is 9.88 Å². The van der Waals surface area contributed by atoms with Gasteiger partial charge in [0.05, 0.1) is 11.7 Å². The quantitative estimate of drug-likeness (QED) is 0.819. The molecule has 1 amide bonds. The molecular weight excluding hydrogens is 338 g/mol. The van der Waals surface area contributed by atoms with Crippen LogP contribution in [0.4, 0.5) is 4.79 Å². The Balaban J connectivity index is 1.51. The molecule has 1 fully saturated rings. The van der Waals surface area contributed by atoms with E-state index in [2.05, 4.69) is 17.1 Å². The average molecular weight is 359 g/mol. The number of rotatable bonds is 3. The van der Waals surface area contributed by atoms with Gasteiger partial charge >= 0.3 is 6.09 Å². The maximum atomic E-state index is 12.7. The van der Waals surface area contributed by atoms with Crippen LogP contribution in [-0.4, -0.2) is 28.1 Å². The summed E-state index contributed by atoms with van der Waals surface area (Å²) >= 11 is 0. The summed E-state index contributed by atoms with van der Waals surface area (Å²) in [5.41, 5.74) is 3.36. The summed E-state index contributed by atoms with van der Waals surface area (Å²) in [6, 6.07) is 17.5. The largest absolute Gasteiger partial charge is 0.445 e. The van der Waals surface area contributed by atoms with Crippen LogP contribution in [-0.2, 0) is 11.3 Å². The average Bonchev–Trinajstić information content (AvgIpc) is 2.72. The van der Waals surface area contributed by atoms with Crippen molar-refractivity contribution in [3.63, 3.8) is 0 Å². The highest BCUT2D eigenvalue weighted by Crippen LogP contribution is 2.37. The van der Waals surface area contributed by atoms with Crippen molar-refractivity contribution >= 4 is 11.7 Å². The molecule has 0 radical (unpaired) electrons. The summed E-state index contributed by atoms with van der Waals surface area (Å²) < 4.78 is 5.58. The first kappa shape index (κ1) is 17.3. The van der Waals surface area contributed by atoms with Gasteiger partial charge in [-0.25, -0.2) is 9.78 Å². The number of aromatic nitrogens is 1. The second-order valence-corrected chi connectivity index (χ2v) is 7.02. The molecule has 5 heteroatoms. The van der Waals surface area contributed by atoms with Crippen LogP contribution in [0.2, 0.25) is 0 Å². The lowest BCUT2D eigenvalue weighted by molar-refractivity contribution is 0.0510. The number of benzene rings is 1. The number of hydrogen-bond donors (Lipinski definition) is 0. The number of amides is 1. The number of piperidine rings is 1. The number of fused-ring (bicyclic) bond motifs is 2. The van der Waals surface area contributed by atoms with E-state index in [1.165, 1.54) is 0 Å². The lowest BCUT2D eigenvalue weighted by Gasteiger charge is -2.44. The number of carbonyl (C=O) groups is 1. The van der Waals surface area contributed by atoms with Crippen LogP contribution in [0.1, 0.15) is 42.6 Å². The number of pyridine rings is 1. The molecule has 0 N–H and O–H groups in total. The lowest BCUT2D eigenvalue weighted by Crippen LogP contribution is -2.51. The third-order valence-electron chi connectivity index (χ3n) is 5.25. The van der Waals surface area contributed by atoms with Crippen LogP contribution in [0.5, 0.6) is 0 Å². The molecule has 0 saturated carbocycles. The molecule has 0 spiro atoms. The van der Waals surface area contributed by atoms with Gasteiger partial charge in [0.25, 0.3) is 0 Å². The second kappa shape index (κ2) is 7.63. The lowest BCUT2D eigenvalue weighted by atomic mass is 9.84. The van der Waals surface area contributed by atoms with E-state index in [0.717, 1.165) is 42.5 Å². The highest BCUT2D eigenvalue weighted by atomic mass is 16.6. The molecule has 2 aliphatic rings. The van der Waals surface area contributed by atoms with Gasteiger partial charge in [-0.2, -0.15) is 5.26 Å². The van der Waals surface area contributed by atoms with E-state index in [1.807, 2.05) is 47.4 Å². The summed E-state index contributed by atoms with van der Waals surface area (Å²) in [7, 11) is 0. The standard InChI is InChI=1S/C22H21N3O2/c23-14-18-8-4-11-21(24-18)17-12-19-9-5-10-20(13-17)25(19)22(26)27-15-16-6-2-1-3-7-16/h1-4,6-8,11-12,19-20H,5,9-10,13,15H2. The number of hydrogen-bond acceptors (Lipinski definition) is 4. The molecular formula is C22H21N3O2. The molecule has 0 aliphatic carbocycles. The van der Waals surface area contributed by atoms with E-state index >= 15 is 0 Å². The Morgan fingerprint density at radius 3 is 2.81 bits per heavy atom. The van der Waals surface area contributed by atoms with E-state index in [4.69, 9.17) is 10.00 Å². The van der Waals surface area contributed by atoms with E-state index in [0.29, 0.717) is 5.69 Å². The van der Waals surface area contributed by atoms with Gasteiger partial charge in [-0.1, -0.05) is 42.5 Å². The number of nitrogens with zero attached hydrogens (tertiary/aromatic N) is 3. The van der Waals surface area contributed by atoms with Gasteiger partial charge < -0.3 is 4.74 Å². The minimum atomic E-state index is -0.248. The van der Waals surface area contributed by atoms with E-state index in [9.17, 15) is 4.79 Å². The molecule has 1 saturated heterocycles. The van der Waals surface area contributed by atoms with E-state index < -0.39 is 0 Å². The van der Waals surface area contributed by atoms with Gasteiger partial charge in [0.1, 0.15) is 18.4 Å². The van der Waals surface area contributed by atoms with Gasteiger partial charge in [-0.3, -0.25) is 4.90 Å². The fourth-order valence-electron chi connectivity index (χ4n) is 3.97. The molecule has 1 aromatic heterocycles. The van der Waals surface area contributed by atoms with Crippen molar-refractivity contribution in [3.05, 3.63) is 71.6 Å². The van der Waals surface area contributed by atoms with Crippen LogP contribution in [0.25, 0.3) is 5.57 Å². The van der Waals surface area contributed by atoms with Crippen LogP contribution in [0.3, 0.4) is 0 Å². The summed E-state index contributed by atoms with van der Waals surface area (Å²) in [6.45, 7) is 0.290. The first-order chi connectivity index (χ1) is 13.2. The molecule has 2 bridgehead atoms. The van der Waals surface area contributed by atoms with Crippen molar-refractivity contribution in [3.8, 4) is 6.07 Å². The zero-order chi connectivity index (χ0) is 18.6. The molecule has 1 aromatic carbocycles. The van der Waals surface area contributed by atoms with Crippen molar-refractivity contribution < 1.29 is 9.53 Å². The number of ether oxygens (including phenoxy) is 1.